The van der Waals surface area contributed by atoms with Gasteiger partial charge in [0.15, 0.2) is 0 Å². The second-order valence-corrected chi connectivity index (χ2v) is 8.52. The van der Waals surface area contributed by atoms with E-state index < -0.39 is 17.9 Å². The number of anilines is 2. The van der Waals surface area contributed by atoms with Gasteiger partial charge in [-0.05, 0) is 41.8 Å². The molecule has 180 valence electrons. The number of nitrogens with one attached hydrogen (secondary N) is 2. The molecule has 36 heavy (non-hydrogen) atoms. The van der Waals surface area contributed by atoms with Crippen LogP contribution in [0.5, 0.6) is 0 Å². The summed E-state index contributed by atoms with van der Waals surface area (Å²) < 4.78 is 14.8. The van der Waals surface area contributed by atoms with Gasteiger partial charge in [0.05, 0.1) is 11.4 Å². The van der Waals surface area contributed by atoms with E-state index in [1.165, 1.54) is 19.1 Å². The molecule has 0 aliphatic carbocycles. The molecule has 3 aromatic carbocycles. The first-order valence-corrected chi connectivity index (χ1v) is 11.5. The lowest BCUT2D eigenvalue weighted by molar-refractivity contribution is -0.125. The number of aliphatic imine (C=N–C) groups is 1. The van der Waals surface area contributed by atoms with Crippen molar-refractivity contribution in [1.82, 2.24) is 5.32 Å². The van der Waals surface area contributed by atoms with Gasteiger partial charge >= 0.3 is 0 Å². The van der Waals surface area contributed by atoms with Crippen molar-refractivity contribution in [3.05, 3.63) is 101 Å². The minimum atomic E-state index is -1.24. The first-order valence-electron chi connectivity index (χ1n) is 11.5. The number of hydrogen-bond acceptors (Lipinski definition) is 4. The lowest BCUT2D eigenvalue weighted by Crippen LogP contribution is -2.46. The Bertz CT molecular complexity index is 1450. The predicted molar refractivity (Wildman–Crippen MR) is 136 cm³/mol. The van der Waals surface area contributed by atoms with E-state index in [0.717, 1.165) is 5.56 Å². The summed E-state index contributed by atoms with van der Waals surface area (Å²) in [7, 11) is 0. The number of nitrogens with zero attached hydrogens (tertiary/aromatic N) is 2. The van der Waals surface area contributed by atoms with Gasteiger partial charge in [-0.15, -0.1) is 0 Å². The molecule has 2 aliphatic rings. The van der Waals surface area contributed by atoms with Crippen molar-refractivity contribution in [3.63, 3.8) is 0 Å². The lowest BCUT2D eigenvalue weighted by atomic mass is 9.98. The molecule has 0 fully saturated rings. The van der Waals surface area contributed by atoms with E-state index >= 15 is 0 Å². The quantitative estimate of drug-likeness (QED) is 0.544. The molecule has 1 atom stereocenters. The highest BCUT2D eigenvalue weighted by molar-refractivity contribution is 6.21. The summed E-state index contributed by atoms with van der Waals surface area (Å²) in [6, 6.07) is 18.9. The maximum Gasteiger partial charge on any atom is 0.272 e. The fourth-order valence-electron chi connectivity index (χ4n) is 4.52. The summed E-state index contributed by atoms with van der Waals surface area (Å²) in [6.45, 7) is 1.86. The number of halogens is 1. The molecule has 0 saturated heterocycles. The molecule has 7 nitrogen and oxygen atoms in total. The fourth-order valence-corrected chi connectivity index (χ4v) is 4.52. The minimum absolute atomic E-state index is 0.232. The Kier molecular flexibility index (Phi) is 6.16. The summed E-state index contributed by atoms with van der Waals surface area (Å²) in [5, 5.41) is 5.38. The molecular weight excluding hydrogens is 459 g/mol. The molecule has 8 heteroatoms. The van der Waals surface area contributed by atoms with E-state index in [0.29, 0.717) is 41.2 Å². The van der Waals surface area contributed by atoms with Gasteiger partial charge in [0.2, 0.25) is 18.0 Å². The number of benzene rings is 3. The van der Waals surface area contributed by atoms with Crippen molar-refractivity contribution in [1.29, 1.82) is 0 Å². The van der Waals surface area contributed by atoms with Crippen LogP contribution in [0, 0.1) is 5.82 Å². The van der Waals surface area contributed by atoms with Crippen LogP contribution in [0.2, 0.25) is 0 Å². The molecule has 3 aromatic rings. The molecule has 3 amide bonds. The van der Waals surface area contributed by atoms with E-state index in [4.69, 9.17) is 0 Å². The van der Waals surface area contributed by atoms with Gasteiger partial charge < -0.3 is 15.5 Å². The summed E-state index contributed by atoms with van der Waals surface area (Å²) in [4.78, 5) is 44.0. The van der Waals surface area contributed by atoms with Gasteiger partial charge in [0, 0.05) is 36.4 Å². The molecule has 0 saturated carbocycles. The van der Waals surface area contributed by atoms with E-state index in [-0.39, 0.29) is 17.4 Å². The second-order valence-electron chi connectivity index (χ2n) is 8.52. The number of carbonyl (C=O) groups excluding carboxylic acids is 3. The lowest BCUT2D eigenvalue weighted by Gasteiger charge is -2.20. The Labute approximate surface area is 207 Å². The zero-order chi connectivity index (χ0) is 25.2. The molecule has 5 rings (SSSR count). The SMILES string of the molecule is CC(=O)Nc1ccccc1/C=C/C(=O)NC1N=C(c2ccccc2F)c2cccc3c2N(CC3)C1=O. The van der Waals surface area contributed by atoms with E-state index in [9.17, 15) is 18.8 Å². The van der Waals surface area contributed by atoms with Crippen LogP contribution in [-0.4, -0.2) is 36.1 Å². The average Bonchev–Trinajstić information content (AvgIpc) is 3.26. The highest BCUT2D eigenvalue weighted by atomic mass is 19.1. The van der Waals surface area contributed by atoms with Gasteiger partial charge in [-0.25, -0.2) is 9.38 Å². The molecule has 2 N–H and O–H groups in total. The maximum atomic E-state index is 14.8. The zero-order valence-corrected chi connectivity index (χ0v) is 19.5. The molecule has 0 radical (unpaired) electrons. The predicted octanol–water partition coefficient (Wildman–Crippen LogP) is 3.68. The maximum absolute atomic E-state index is 14.8. The summed E-state index contributed by atoms with van der Waals surface area (Å²) in [5.41, 5.74) is 4.09. The molecule has 2 heterocycles. The number of rotatable bonds is 5. The van der Waals surface area contributed by atoms with Gasteiger partial charge in [0.25, 0.3) is 5.91 Å². The van der Waals surface area contributed by atoms with Crippen LogP contribution in [0.1, 0.15) is 29.2 Å². The first-order chi connectivity index (χ1) is 17.4. The monoisotopic (exact) mass is 482 g/mol. The van der Waals surface area contributed by atoms with Crippen molar-refractivity contribution < 1.29 is 18.8 Å². The van der Waals surface area contributed by atoms with E-state index in [1.54, 1.807) is 53.4 Å². The van der Waals surface area contributed by atoms with Crippen LogP contribution in [0.3, 0.4) is 0 Å². The van der Waals surface area contributed by atoms with Gasteiger partial charge in [0.1, 0.15) is 5.82 Å². The van der Waals surface area contributed by atoms with Crippen LogP contribution >= 0.6 is 0 Å². The average molecular weight is 483 g/mol. The topological polar surface area (TPSA) is 90.9 Å². The molecule has 0 spiro atoms. The van der Waals surface area contributed by atoms with Gasteiger partial charge in [-0.2, -0.15) is 0 Å². The van der Waals surface area contributed by atoms with Crippen LogP contribution in [-0.2, 0) is 20.8 Å². The first kappa shape index (κ1) is 23.2. The van der Waals surface area contributed by atoms with Crippen LogP contribution < -0.4 is 15.5 Å². The second kappa shape index (κ2) is 9.58. The molecular formula is C28H23FN4O3. The van der Waals surface area contributed by atoms with E-state index in [1.807, 2.05) is 18.2 Å². The van der Waals surface area contributed by atoms with Crippen molar-refractivity contribution in [3.8, 4) is 0 Å². The number of carbonyl (C=O) groups is 3. The van der Waals surface area contributed by atoms with Crippen LogP contribution in [0.25, 0.3) is 6.08 Å². The normalized spacial score (nSPS) is 16.4. The van der Waals surface area contributed by atoms with Crippen molar-refractivity contribution in [2.45, 2.75) is 19.5 Å². The third kappa shape index (κ3) is 4.40. The van der Waals surface area contributed by atoms with Crippen molar-refractivity contribution in [2.24, 2.45) is 4.99 Å². The van der Waals surface area contributed by atoms with Gasteiger partial charge in [-0.3, -0.25) is 14.4 Å². The van der Waals surface area contributed by atoms with Crippen molar-refractivity contribution in [2.75, 3.05) is 16.8 Å². The van der Waals surface area contributed by atoms with Crippen LogP contribution in [0.4, 0.5) is 15.8 Å². The van der Waals surface area contributed by atoms with Crippen molar-refractivity contribution >= 4 is 40.9 Å². The Hall–Kier alpha value is -4.59. The Morgan fingerprint density at radius 3 is 2.58 bits per heavy atom. The highest BCUT2D eigenvalue weighted by Crippen LogP contribution is 2.36. The molecule has 0 bridgehead atoms. The number of para-hydroxylation sites is 2. The molecule has 2 aliphatic heterocycles. The number of amides is 3. The Morgan fingerprint density at radius 2 is 1.78 bits per heavy atom. The zero-order valence-electron chi connectivity index (χ0n) is 19.5. The molecule has 0 aromatic heterocycles. The summed E-state index contributed by atoms with van der Waals surface area (Å²) in [5.74, 6) is -1.63. The summed E-state index contributed by atoms with van der Waals surface area (Å²) in [6.07, 6.45) is 2.26. The Morgan fingerprint density at radius 1 is 1.03 bits per heavy atom. The van der Waals surface area contributed by atoms with Gasteiger partial charge in [-0.1, -0.05) is 48.5 Å². The van der Waals surface area contributed by atoms with E-state index in [2.05, 4.69) is 15.6 Å². The highest BCUT2D eigenvalue weighted by Gasteiger charge is 2.37. The standard InChI is InChI=1S/C28H23FN4O3/c1-17(34)30-23-12-5-2-7-18(23)13-14-24(35)31-27-28(36)33-16-15-19-8-6-10-21(26(19)33)25(32-27)20-9-3-4-11-22(20)29/h2-14,27H,15-16H2,1H3,(H,30,34)(H,31,35)/b14-13+. The number of hydrogen-bond donors (Lipinski definition) is 2. The Balaban J connectivity index is 1.49. The summed E-state index contributed by atoms with van der Waals surface area (Å²) >= 11 is 0. The fraction of sp³-hybridized carbons (Fsp3) is 0.143. The molecule has 1 unspecified atom stereocenters. The smallest absolute Gasteiger partial charge is 0.272 e. The third-order valence-electron chi connectivity index (χ3n) is 6.10. The largest absolute Gasteiger partial charge is 0.326 e. The van der Waals surface area contributed by atoms with Crippen LogP contribution in [0.15, 0.2) is 77.8 Å². The third-order valence-corrected chi connectivity index (χ3v) is 6.10. The minimum Gasteiger partial charge on any atom is -0.326 e.